The van der Waals surface area contributed by atoms with Crippen LogP contribution in [0, 0.1) is 0 Å². The van der Waals surface area contributed by atoms with Crippen LogP contribution in [0.25, 0.3) is 87.2 Å². The third-order valence-electron chi connectivity index (χ3n) is 12.4. The van der Waals surface area contributed by atoms with E-state index in [0.717, 1.165) is 0 Å². The molecule has 55 heavy (non-hydrogen) atoms. The molecule has 0 heteroatoms. The minimum absolute atomic E-state index is 0.553. The molecule has 0 saturated heterocycles. The maximum absolute atomic E-state index is 2.53. The molecule has 1 aliphatic carbocycles. The van der Waals surface area contributed by atoms with Gasteiger partial charge in [-0.05, 0) is 146 Å². The van der Waals surface area contributed by atoms with Crippen molar-refractivity contribution in [1.82, 2.24) is 0 Å². The summed E-state index contributed by atoms with van der Waals surface area (Å²) in [5.41, 5.74) is 12.2. The predicted octanol–water partition coefficient (Wildman–Crippen LogP) is 14.6. The second kappa shape index (κ2) is 11.5. The molecule has 1 aliphatic rings. The van der Waals surface area contributed by atoms with Gasteiger partial charge in [-0.2, -0.15) is 0 Å². The fourth-order valence-electron chi connectivity index (χ4n) is 10.1. The standard InChI is InChI=1S/C55H34/c1-3-19-44(20-4-1)55(45-21-5-2-6-22-45)50-33-39-15-8-7-14-38(39)31-49(50)54-48(47-24-12-16-35-13-9-10-23-46(35)47)32-43(34-51(54)55)42-29-40-27-25-36-17-11-18-37-26-28-41(30-42)53(40)52(36)37/h1-34H. The van der Waals surface area contributed by atoms with Gasteiger partial charge in [-0.3, -0.25) is 0 Å². The summed E-state index contributed by atoms with van der Waals surface area (Å²) in [6.07, 6.45) is 0. The topological polar surface area (TPSA) is 0 Å². The Morgan fingerprint density at radius 2 is 0.782 bits per heavy atom. The average molecular weight is 695 g/mol. The van der Waals surface area contributed by atoms with Crippen LogP contribution in [-0.4, -0.2) is 0 Å². The molecule has 0 aromatic heterocycles. The molecule has 0 bridgehead atoms. The first-order valence-corrected chi connectivity index (χ1v) is 19.2. The summed E-state index contributed by atoms with van der Waals surface area (Å²) in [6, 6.07) is 77.5. The first kappa shape index (κ1) is 30.4. The van der Waals surface area contributed by atoms with Crippen molar-refractivity contribution in [1.29, 1.82) is 0 Å². The van der Waals surface area contributed by atoms with Gasteiger partial charge in [-0.1, -0.05) is 170 Å². The number of hydrogen-bond donors (Lipinski definition) is 0. The van der Waals surface area contributed by atoms with E-state index < -0.39 is 5.41 Å². The summed E-state index contributed by atoms with van der Waals surface area (Å²) in [4.78, 5) is 0. The van der Waals surface area contributed by atoms with E-state index in [1.54, 1.807) is 0 Å². The van der Waals surface area contributed by atoms with Crippen LogP contribution in [0.1, 0.15) is 22.3 Å². The Bertz CT molecular complexity index is 3190. The third kappa shape index (κ3) is 4.28. The van der Waals surface area contributed by atoms with E-state index in [4.69, 9.17) is 0 Å². The highest BCUT2D eigenvalue weighted by Crippen LogP contribution is 2.60. The van der Waals surface area contributed by atoms with E-state index in [9.17, 15) is 0 Å². The lowest BCUT2D eigenvalue weighted by atomic mass is 9.67. The molecule has 0 aliphatic heterocycles. The first-order valence-electron chi connectivity index (χ1n) is 19.2. The Hall–Kier alpha value is -7.02. The van der Waals surface area contributed by atoms with Gasteiger partial charge in [0.15, 0.2) is 0 Å². The van der Waals surface area contributed by atoms with Crippen LogP contribution >= 0.6 is 0 Å². The summed E-state index contributed by atoms with van der Waals surface area (Å²) < 4.78 is 0. The molecule has 0 amide bonds. The van der Waals surface area contributed by atoms with Gasteiger partial charge >= 0.3 is 0 Å². The smallest absolute Gasteiger partial charge is 0.0622 e. The molecule has 11 aromatic rings. The van der Waals surface area contributed by atoms with Gasteiger partial charge in [0.25, 0.3) is 0 Å². The number of benzene rings is 11. The molecule has 11 aromatic carbocycles. The van der Waals surface area contributed by atoms with Crippen molar-refractivity contribution in [2.24, 2.45) is 0 Å². The molecule has 0 radical (unpaired) electrons. The largest absolute Gasteiger partial charge is 0.0714 e. The van der Waals surface area contributed by atoms with Gasteiger partial charge in [0.05, 0.1) is 5.41 Å². The first-order chi connectivity index (χ1) is 27.3. The van der Waals surface area contributed by atoms with Crippen molar-refractivity contribution >= 4 is 53.9 Å². The van der Waals surface area contributed by atoms with Crippen molar-refractivity contribution < 1.29 is 0 Å². The van der Waals surface area contributed by atoms with Crippen LogP contribution in [0.15, 0.2) is 206 Å². The Balaban J connectivity index is 1.26. The van der Waals surface area contributed by atoms with E-state index in [-0.39, 0.29) is 0 Å². The van der Waals surface area contributed by atoms with Gasteiger partial charge in [0, 0.05) is 0 Å². The van der Waals surface area contributed by atoms with Crippen LogP contribution in [0.2, 0.25) is 0 Å². The van der Waals surface area contributed by atoms with Gasteiger partial charge in [-0.15, -0.1) is 0 Å². The Morgan fingerprint density at radius 3 is 1.47 bits per heavy atom. The second-order valence-corrected chi connectivity index (χ2v) is 15.2. The van der Waals surface area contributed by atoms with E-state index in [0.29, 0.717) is 0 Å². The molecule has 0 fully saturated rings. The van der Waals surface area contributed by atoms with Crippen LogP contribution in [0.3, 0.4) is 0 Å². The second-order valence-electron chi connectivity index (χ2n) is 15.2. The van der Waals surface area contributed by atoms with E-state index in [1.807, 2.05) is 0 Å². The highest BCUT2D eigenvalue weighted by atomic mass is 14.5. The molecule has 254 valence electrons. The average Bonchev–Trinajstić information content (AvgIpc) is 3.54. The minimum atomic E-state index is -0.553. The maximum atomic E-state index is 2.53. The quantitative estimate of drug-likeness (QED) is 0.161. The van der Waals surface area contributed by atoms with Crippen molar-refractivity contribution in [2.75, 3.05) is 0 Å². The van der Waals surface area contributed by atoms with E-state index >= 15 is 0 Å². The molecule has 0 unspecified atom stereocenters. The molecule has 0 nitrogen and oxygen atoms in total. The zero-order valence-electron chi connectivity index (χ0n) is 30.1. The summed E-state index contributed by atoms with van der Waals surface area (Å²) >= 11 is 0. The zero-order valence-corrected chi connectivity index (χ0v) is 30.1. The van der Waals surface area contributed by atoms with Crippen LogP contribution < -0.4 is 0 Å². The van der Waals surface area contributed by atoms with Gasteiger partial charge in [0.2, 0.25) is 0 Å². The number of rotatable bonds is 4. The molecule has 0 N–H and O–H groups in total. The lowest BCUT2D eigenvalue weighted by Crippen LogP contribution is -2.28. The van der Waals surface area contributed by atoms with Crippen LogP contribution in [0.4, 0.5) is 0 Å². The summed E-state index contributed by atoms with van der Waals surface area (Å²) in [7, 11) is 0. The minimum Gasteiger partial charge on any atom is -0.0622 e. The zero-order chi connectivity index (χ0) is 36.1. The normalized spacial score (nSPS) is 13.2. The monoisotopic (exact) mass is 694 g/mol. The van der Waals surface area contributed by atoms with E-state index in [2.05, 4.69) is 206 Å². The number of hydrogen-bond acceptors (Lipinski definition) is 0. The number of fused-ring (bicyclic) bond motifs is 5. The third-order valence-corrected chi connectivity index (χ3v) is 12.4. The lowest BCUT2D eigenvalue weighted by Gasteiger charge is -2.34. The highest BCUT2D eigenvalue weighted by molar-refractivity contribution is 6.24. The van der Waals surface area contributed by atoms with Crippen molar-refractivity contribution in [3.8, 4) is 33.4 Å². The summed E-state index contributed by atoms with van der Waals surface area (Å²) in [6.45, 7) is 0. The molecular formula is C55H34. The SMILES string of the molecule is c1ccc(C2(c3ccccc3)c3cc4ccccc4cc3-c3c(-c4cccc5ccccc45)cc(-c4cc5ccc6cccc7ccc(c4)c5c67)cc32)cc1. The van der Waals surface area contributed by atoms with E-state index in [1.165, 1.54) is 109 Å². The fraction of sp³-hybridized carbons (Fsp3) is 0.0182. The Morgan fingerprint density at radius 1 is 0.273 bits per heavy atom. The Kier molecular flexibility index (Phi) is 6.36. The Labute approximate surface area is 319 Å². The van der Waals surface area contributed by atoms with Crippen molar-refractivity contribution in [3.05, 3.63) is 229 Å². The van der Waals surface area contributed by atoms with Gasteiger partial charge < -0.3 is 0 Å². The van der Waals surface area contributed by atoms with Crippen LogP contribution in [0.5, 0.6) is 0 Å². The van der Waals surface area contributed by atoms with Gasteiger partial charge in [0.1, 0.15) is 0 Å². The predicted molar refractivity (Wildman–Crippen MR) is 233 cm³/mol. The highest BCUT2D eigenvalue weighted by Gasteiger charge is 2.47. The molecule has 12 rings (SSSR count). The summed E-state index contributed by atoms with van der Waals surface area (Å²) in [5.74, 6) is 0. The molecular weight excluding hydrogens is 661 g/mol. The fourth-order valence-corrected chi connectivity index (χ4v) is 10.1. The molecule has 0 spiro atoms. The summed E-state index contributed by atoms with van der Waals surface area (Å²) in [5, 5.41) is 12.8. The van der Waals surface area contributed by atoms with Gasteiger partial charge in [-0.25, -0.2) is 0 Å². The molecule has 0 saturated carbocycles. The lowest BCUT2D eigenvalue weighted by molar-refractivity contribution is 0.770. The van der Waals surface area contributed by atoms with Crippen LogP contribution in [-0.2, 0) is 5.41 Å². The van der Waals surface area contributed by atoms with Crippen molar-refractivity contribution in [3.63, 3.8) is 0 Å². The molecule has 0 heterocycles. The maximum Gasteiger partial charge on any atom is 0.0714 e. The van der Waals surface area contributed by atoms with Crippen molar-refractivity contribution in [2.45, 2.75) is 5.41 Å². The molecule has 0 atom stereocenters.